The molecule has 0 aliphatic heterocycles. The van der Waals surface area contributed by atoms with Crippen LogP contribution in [-0.2, 0) is 4.79 Å². The summed E-state index contributed by atoms with van der Waals surface area (Å²) in [5.41, 5.74) is -1.03. The van der Waals surface area contributed by atoms with Gasteiger partial charge in [0.15, 0.2) is 0 Å². The largest absolute Gasteiger partial charge is 0.481 e. The van der Waals surface area contributed by atoms with Crippen molar-refractivity contribution in [2.24, 2.45) is 0 Å². The van der Waals surface area contributed by atoms with Crippen molar-refractivity contribution in [1.29, 1.82) is 0 Å². The summed E-state index contributed by atoms with van der Waals surface area (Å²) in [4.78, 5) is 24.0. The van der Waals surface area contributed by atoms with Crippen LogP contribution in [0.5, 0.6) is 0 Å². The molecule has 0 fully saturated rings. The van der Waals surface area contributed by atoms with E-state index in [2.05, 4.69) is 5.32 Å². The number of aliphatic hydroxyl groups is 1. The van der Waals surface area contributed by atoms with Crippen molar-refractivity contribution < 1.29 is 24.2 Å². The number of hydrogen-bond acceptors (Lipinski definition) is 3. The number of halogens is 1. The number of rotatable bonds is 6. The number of benzene rings is 1. The third kappa shape index (κ3) is 5.39. The predicted octanol–water partition coefficient (Wildman–Crippen LogP) is 1.59. The molecule has 0 saturated heterocycles. The second-order valence-corrected chi connectivity index (χ2v) is 4.95. The minimum Gasteiger partial charge on any atom is -0.481 e. The Labute approximate surface area is 122 Å². The van der Waals surface area contributed by atoms with E-state index in [4.69, 9.17) is 5.11 Å². The molecule has 0 aliphatic carbocycles. The van der Waals surface area contributed by atoms with Crippen molar-refractivity contribution in [2.45, 2.75) is 25.9 Å². The zero-order chi connectivity index (χ0) is 16.0. The van der Waals surface area contributed by atoms with Gasteiger partial charge in [0.05, 0.1) is 12.0 Å². The van der Waals surface area contributed by atoms with Gasteiger partial charge in [-0.2, -0.15) is 0 Å². The number of nitrogens with one attached hydrogen (secondary N) is 1. The maximum atomic E-state index is 12.9. The number of carboxylic acid groups (broad SMARTS) is 1. The van der Waals surface area contributed by atoms with E-state index in [9.17, 15) is 19.1 Å². The van der Waals surface area contributed by atoms with Crippen LogP contribution in [-0.4, -0.2) is 40.9 Å². The van der Waals surface area contributed by atoms with Crippen LogP contribution < -0.4 is 10.2 Å². The van der Waals surface area contributed by atoms with Gasteiger partial charge in [-0.3, -0.25) is 9.69 Å². The van der Waals surface area contributed by atoms with Crippen molar-refractivity contribution in [3.8, 4) is 0 Å². The number of carboxylic acids is 1. The Kier molecular flexibility index (Phi) is 5.66. The summed E-state index contributed by atoms with van der Waals surface area (Å²) in [5, 5.41) is 21.0. The molecule has 0 radical (unpaired) electrons. The number of amides is 2. The lowest BCUT2D eigenvalue weighted by atomic mass is 10.0. The Bertz CT molecular complexity index is 502. The molecule has 1 atom stereocenters. The maximum Gasteiger partial charge on any atom is 0.321 e. The summed E-state index contributed by atoms with van der Waals surface area (Å²) in [6, 6.07) is 4.93. The number of anilines is 1. The van der Waals surface area contributed by atoms with Gasteiger partial charge in [-0.25, -0.2) is 9.18 Å². The van der Waals surface area contributed by atoms with Crippen molar-refractivity contribution in [2.75, 3.05) is 18.0 Å². The number of carbonyl (C=O) groups excluding carboxylic acids is 1. The molecule has 3 N–H and O–H groups in total. The minimum absolute atomic E-state index is 0.199. The van der Waals surface area contributed by atoms with Crippen LogP contribution in [0.1, 0.15) is 20.3 Å². The molecule has 116 valence electrons. The molecule has 2 amide bonds. The van der Waals surface area contributed by atoms with Crippen LogP contribution >= 0.6 is 0 Å². The normalized spacial score (nSPS) is 13.3. The summed E-state index contributed by atoms with van der Waals surface area (Å²) >= 11 is 0. The molecule has 0 aromatic heterocycles. The Morgan fingerprint density at radius 2 is 1.90 bits per heavy atom. The van der Waals surface area contributed by atoms with Gasteiger partial charge >= 0.3 is 12.0 Å². The Morgan fingerprint density at radius 3 is 2.38 bits per heavy atom. The fourth-order valence-corrected chi connectivity index (χ4v) is 1.81. The monoisotopic (exact) mass is 298 g/mol. The Balaban J connectivity index is 2.68. The molecule has 1 aromatic carbocycles. The summed E-state index contributed by atoms with van der Waals surface area (Å²) in [5.74, 6) is -1.56. The van der Waals surface area contributed by atoms with Gasteiger partial charge in [0.2, 0.25) is 0 Å². The molecule has 21 heavy (non-hydrogen) atoms. The number of nitrogens with zero attached hydrogens (tertiary/aromatic N) is 1. The molecule has 7 heteroatoms. The number of carbonyl (C=O) groups is 2. The van der Waals surface area contributed by atoms with Gasteiger partial charge in [-0.15, -0.1) is 0 Å². The smallest absolute Gasteiger partial charge is 0.321 e. The predicted molar refractivity (Wildman–Crippen MR) is 75.7 cm³/mol. The fourth-order valence-electron chi connectivity index (χ4n) is 1.81. The first-order valence-electron chi connectivity index (χ1n) is 6.50. The van der Waals surface area contributed by atoms with Crippen LogP contribution in [0, 0.1) is 5.82 Å². The third-order valence-corrected chi connectivity index (χ3v) is 2.85. The molecule has 0 bridgehead atoms. The first kappa shape index (κ1) is 16.9. The van der Waals surface area contributed by atoms with Crippen LogP contribution in [0.25, 0.3) is 0 Å². The molecule has 1 rings (SSSR count). The van der Waals surface area contributed by atoms with E-state index in [1.807, 2.05) is 0 Å². The fraction of sp³-hybridized carbons (Fsp3) is 0.429. The highest BCUT2D eigenvalue weighted by Gasteiger charge is 2.26. The Hall–Kier alpha value is -2.15. The average molecular weight is 298 g/mol. The van der Waals surface area contributed by atoms with E-state index >= 15 is 0 Å². The summed E-state index contributed by atoms with van der Waals surface area (Å²) in [7, 11) is 0. The molecule has 0 spiro atoms. The van der Waals surface area contributed by atoms with E-state index in [-0.39, 0.29) is 6.54 Å². The molecule has 6 nitrogen and oxygen atoms in total. The molecule has 1 aromatic rings. The number of hydrogen-bond donors (Lipinski definition) is 3. The van der Waals surface area contributed by atoms with Gasteiger partial charge in [0.25, 0.3) is 0 Å². The van der Waals surface area contributed by atoms with Gasteiger partial charge in [-0.1, -0.05) is 0 Å². The molecule has 0 saturated carbocycles. The zero-order valence-corrected chi connectivity index (χ0v) is 12.0. The zero-order valence-electron chi connectivity index (χ0n) is 12.0. The van der Waals surface area contributed by atoms with E-state index in [1.165, 1.54) is 36.1 Å². The SMILES string of the molecule is CCN(C(=O)NCC(C)(O)CC(=O)O)c1ccc(F)cc1. The quantitative estimate of drug-likeness (QED) is 0.744. The lowest BCUT2D eigenvalue weighted by Crippen LogP contribution is -2.47. The molecule has 1 unspecified atom stereocenters. The third-order valence-electron chi connectivity index (χ3n) is 2.85. The van der Waals surface area contributed by atoms with Crippen LogP contribution in [0.2, 0.25) is 0 Å². The average Bonchev–Trinajstić information content (AvgIpc) is 2.38. The van der Waals surface area contributed by atoms with Gasteiger partial charge in [0.1, 0.15) is 5.82 Å². The molecular weight excluding hydrogens is 279 g/mol. The van der Waals surface area contributed by atoms with E-state index < -0.39 is 29.8 Å². The second kappa shape index (κ2) is 7.03. The summed E-state index contributed by atoms with van der Waals surface area (Å²) in [6.07, 6.45) is -0.476. The first-order valence-corrected chi connectivity index (χ1v) is 6.50. The standard InChI is InChI=1S/C14H19FN2O4/c1-3-17(11-6-4-10(15)5-7-11)13(20)16-9-14(2,21)8-12(18)19/h4-7,21H,3,8-9H2,1-2H3,(H,16,20)(H,18,19). The maximum absolute atomic E-state index is 12.9. The van der Waals surface area contributed by atoms with Gasteiger partial charge < -0.3 is 15.5 Å². The van der Waals surface area contributed by atoms with E-state index in [0.29, 0.717) is 12.2 Å². The lowest BCUT2D eigenvalue weighted by molar-refractivity contribution is -0.141. The second-order valence-electron chi connectivity index (χ2n) is 4.95. The lowest BCUT2D eigenvalue weighted by Gasteiger charge is -2.26. The van der Waals surface area contributed by atoms with Crippen LogP contribution in [0.4, 0.5) is 14.9 Å². The summed E-state index contributed by atoms with van der Waals surface area (Å²) in [6.45, 7) is 3.22. The van der Waals surface area contributed by atoms with Crippen LogP contribution in [0.3, 0.4) is 0 Å². The highest BCUT2D eigenvalue weighted by Crippen LogP contribution is 2.15. The van der Waals surface area contributed by atoms with Gasteiger partial charge in [-0.05, 0) is 38.1 Å². The van der Waals surface area contributed by atoms with Crippen molar-refractivity contribution in [3.05, 3.63) is 30.1 Å². The number of urea groups is 1. The van der Waals surface area contributed by atoms with Crippen molar-refractivity contribution in [3.63, 3.8) is 0 Å². The first-order chi connectivity index (χ1) is 9.75. The molecule has 0 heterocycles. The van der Waals surface area contributed by atoms with E-state index in [1.54, 1.807) is 6.92 Å². The van der Waals surface area contributed by atoms with Crippen molar-refractivity contribution in [1.82, 2.24) is 5.32 Å². The summed E-state index contributed by atoms with van der Waals surface area (Å²) < 4.78 is 12.9. The topological polar surface area (TPSA) is 89.9 Å². The molecule has 0 aliphatic rings. The van der Waals surface area contributed by atoms with Crippen molar-refractivity contribution >= 4 is 17.7 Å². The van der Waals surface area contributed by atoms with Crippen LogP contribution in [0.15, 0.2) is 24.3 Å². The minimum atomic E-state index is -1.54. The number of aliphatic carboxylic acids is 1. The van der Waals surface area contributed by atoms with E-state index in [0.717, 1.165) is 0 Å². The molecular formula is C14H19FN2O4. The highest BCUT2D eigenvalue weighted by atomic mass is 19.1. The van der Waals surface area contributed by atoms with Gasteiger partial charge in [0, 0.05) is 18.8 Å². The highest BCUT2D eigenvalue weighted by molar-refractivity contribution is 5.91. The Morgan fingerprint density at radius 1 is 1.33 bits per heavy atom.